The van der Waals surface area contributed by atoms with Crippen molar-refractivity contribution in [3.63, 3.8) is 0 Å². The summed E-state index contributed by atoms with van der Waals surface area (Å²) >= 11 is 0. The van der Waals surface area contributed by atoms with Crippen molar-refractivity contribution in [3.8, 4) is 11.5 Å². The minimum absolute atomic E-state index is 0.0516. The Morgan fingerprint density at radius 3 is 2.50 bits per heavy atom. The van der Waals surface area contributed by atoms with E-state index in [1.165, 1.54) is 5.56 Å². The number of likely N-dealkylation sites (tertiary alicyclic amines) is 1. The Hall–Kier alpha value is -2.53. The van der Waals surface area contributed by atoms with Crippen molar-refractivity contribution < 1.29 is 14.3 Å². The summed E-state index contributed by atoms with van der Waals surface area (Å²) in [7, 11) is 1.63. The van der Waals surface area contributed by atoms with Crippen molar-refractivity contribution >= 4 is 5.91 Å². The highest BCUT2D eigenvalue weighted by Gasteiger charge is 2.27. The molecular weight excluding hydrogens is 376 g/mol. The molecule has 2 aromatic carbocycles. The second-order valence-electron chi connectivity index (χ2n) is 8.54. The average molecular weight is 409 g/mol. The first-order valence-electron chi connectivity index (χ1n) is 11.0. The lowest BCUT2D eigenvalue weighted by molar-refractivity contribution is 0.0894. The lowest BCUT2D eigenvalue weighted by Gasteiger charge is -2.34. The molecule has 4 rings (SSSR count). The van der Waals surface area contributed by atoms with Crippen LogP contribution in [0.5, 0.6) is 11.5 Å². The molecule has 0 aromatic heterocycles. The van der Waals surface area contributed by atoms with Crippen molar-refractivity contribution in [2.45, 2.75) is 50.7 Å². The van der Waals surface area contributed by atoms with E-state index in [0.29, 0.717) is 29.0 Å². The van der Waals surface area contributed by atoms with Crippen molar-refractivity contribution in [1.82, 2.24) is 10.2 Å². The van der Waals surface area contributed by atoms with E-state index in [1.807, 2.05) is 18.2 Å². The molecule has 1 saturated carbocycles. The van der Waals surface area contributed by atoms with Crippen LogP contribution in [0, 0.1) is 0 Å². The van der Waals surface area contributed by atoms with Gasteiger partial charge in [-0.15, -0.1) is 0 Å². The number of nitrogens with zero attached hydrogens (tertiary/aromatic N) is 1. The molecule has 1 heterocycles. The third-order valence-corrected chi connectivity index (χ3v) is 6.07. The maximum absolute atomic E-state index is 12.6. The third-order valence-electron chi connectivity index (χ3n) is 6.07. The SMILES string of the molecule is COc1ccc(C(=O)NC2CC2)c(OC2CCN(CC(C)c3ccccc3)CC2)c1. The van der Waals surface area contributed by atoms with Gasteiger partial charge in [0.05, 0.1) is 12.7 Å². The van der Waals surface area contributed by atoms with Crippen LogP contribution in [0.1, 0.15) is 54.4 Å². The second kappa shape index (κ2) is 9.52. The van der Waals surface area contributed by atoms with Gasteiger partial charge in [0.15, 0.2) is 0 Å². The van der Waals surface area contributed by atoms with E-state index in [9.17, 15) is 4.79 Å². The van der Waals surface area contributed by atoms with Crippen molar-refractivity contribution in [2.75, 3.05) is 26.7 Å². The van der Waals surface area contributed by atoms with E-state index >= 15 is 0 Å². The summed E-state index contributed by atoms with van der Waals surface area (Å²) in [6.07, 6.45) is 4.17. The van der Waals surface area contributed by atoms with Gasteiger partial charge < -0.3 is 19.7 Å². The zero-order valence-corrected chi connectivity index (χ0v) is 18.0. The normalized spacial score (nSPS) is 18.6. The topological polar surface area (TPSA) is 50.8 Å². The lowest BCUT2D eigenvalue weighted by atomic mass is 9.99. The molecule has 0 spiro atoms. The van der Waals surface area contributed by atoms with E-state index in [0.717, 1.165) is 45.3 Å². The second-order valence-corrected chi connectivity index (χ2v) is 8.54. The van der Waals surface area contributed by atoms with Crippen LogP contribution in [-0.2, 0) is 0 Å². The van der Waals surface area contributed by atoms with Gasteiger partial charge in [-0.05, 0) is 49.3 Å². The number of amides is 1. The highest BCUT2D eigenvalue weighted by Crippen LogP contribution is 2.29. The Morgan fingerprint density at radius 1 is 1.10 bits per heavy atom. The summed E-state index contributed by atoms with van der Waals surface area (Å²) in [5.74, 6) is 1.80. The molecule has 0 radical (unpaired) electrons. The van der Waals surface area contributed by atoms with Gasteiger partial charge in [0.25, 0.3) is 5.91 Å². The fourth-order valence-electron chi connectivity index (χ4n) is 4.07. The van der Waals surface area contributed by atoms with Gasteiger partial charge >= 0.3 is 0 Å². The number of rotatable bonds is 8. The molecule has 1 N–H and O–H groups in total. The first-order valence-corrected chi connectivity index (χ1v) is 11.0. The van der Waals surface area contributed by atoms with Crippen molar-refractivity contribution in [3.05, 3.63) is 59.7 Å². The molecule has 160 valence electrons. The molecule has 5 nitrogen and oxygen atoms in total. The molecule has 1 aliphatic heterocycles. The third kappa shape index (κ3) is 5.33. The first kappa shape index (κ1) is 20.7. The summed E-state index contributed by atoms with van der Waals surface area (Å²) in [6, 6.07) is 16.5. The highest BCUT2D eigenvalue weighted by molar-refractivity contribution is 5.97. The van der Waals surface area contributed by atoms with Crippen LogP contribution in [0.25, 0.3) is 0 Å². The predicted octanol–water partition coefficient (Wildman–Crippen LogP) is 4.23. The van der Waals surface area contributed by atoms with Gasteiger partial charge in [-0.25, -0.2) is 0 Å². The van der Waals surface area contributed by atoms with Gasteiger partial charge in [-0.2, -0.15) is 0 Å². The molecule has 2 aliphatic rings. The number of benzene rings is 2. The quantitative estimate of drug-likeness (QED) is 0.710. The van der Waals surface area contributed by atoms with E-state index in [2.05, 4.69) is 47.5 Å². The van der Waals surface area contributed by atoms with E-state index in [4.69, 9.17) is 9.47 Å². The minimum atomic E-state index is -0.0516. The summed E-state index contributed by atoms with van der Waals surface area (Å²) in [6.45, 7) is 5.37. The lowest BCUT2D eigenvalue weighted by Crippen LogP contribution is -2.40. The van der Waals surface area contributed by atoms with Crippen LogP contribution in [0.2, 0.25) is 0 Å². The molecule has 1 atom stereocenters. The zero-order chi connectivity index (χ0) is 20.9. The number of methoxy groups -OCH3 is 1. The molecule has 0 bridgehead atoms. The molecule has 1 unspecified atom stereocenters. The monoisotopic (exact) mass is 408 g/mol. The maximum atomic E-state index is 12.6. The average Bonchev–Trinajstić information content (AvgIpc) is 3.59. The van der Waals surface area contributed by atoms with Gasteiger partial charge in [-0.1, -0.05) is 37.3 Å². The molecule has 5 heteroatoms. The van der Waals surface area contributed by atoms with E-state index < -0.39 is 0 Å². The fourth-order valence-corrected chi connectivity index (χ4v) is 4.07. The van der Waals surface area contributed by atoms with E-state index in [1.54, 1.807) is 7.11 Å². The van der Waals surface area contributed by atoms with Crippen LogP contribution in [0.3, 0.4) is 0 Å². The molecule has 1 amide bonds. The summed E-state index contributed by atoms with van der Waals surface area (Å²) < 4.78 is 11.7. The summed E-state index contributed by atoms with van der Waals surface area (Å²) in [5, 5.41) is 3.06. The highest BCUT2D eigenvalue weighted by atomic mass is 16.5. The van der Waals surface area contributed by atoms with Crippen molar-refractivity contribution in [1.29, 1.82) is 0 Å². The fraction of sp³-hybridized carbons (Fsp3) is 0.480. The number of piperidine rings is 1. The Morgan fingerprint density at radius 2 is 1.83 bits per heavy atom. The van der Waals surface area contributed by atoms with Crippen LogP contribution in [0.4, 0.5) is 0 Å². The molecule has 1 aliphatic carbocycles. The Balaban J connectivity index is 1.34. The number of carbonyl (C=O) groups excluding carboxylic acids is 1. The molecule has 2 aromatic rings. The van der Waals surface area contributed by atoms with Crippen LogP contribution in [-0.4, -0.2) is 49.7 Å². The van der Waals surface area contributed by atoms with Crippen LogP contribution in [0.15, 0.2) is 48.5 Å². The Kier molecular flexibility index (Phi) is 6.58. The number of nitrogens with one attached hydrogen (secondary N) is 1. The smallest absolute Gasteiger partial charge is 0.255 e. The van der Waals surface area contributed by atoms with Crippen LogP contribution < -0.4 is 14.8 Å². The first-order chi connectivity index (χ1) is 14.6. The standard InChI is InChI=1S/C25H32N2O3/c1-18(19-6-4-3-5-7-19)17-27-14-12-21(13-15-27)30-24-16-22(29-2)10-11-23(24)25(28)26-20-8-9-20/h3-7,10-11,16,18,20-21H,8-9,12-15,17H2,1-2H3,(H,26,28). The van der Waals surface area contributed by atoms with Crippen LogP contribution >= 0.6 is 0 Å². The molecule has 2 fully saturated rings. The van der Waals surface area contributed by atoms with E-state index in [-0.39, 0.29) is 12.0 Å². The Bertz CT molecular complexity index is 843. The molecular formula is C25H32N2O3. The largest absolute Gasteiger partial charge is 0.497 e. The zero-order valence-electron chi connectivity index (χ0n) is 18.0. The van der Waals surface area contributed by atoms with Gasteiger partial charge in [0.2, 0.25) is 0 Å². The predicted molar refractivity (Wildman–Crippen MR) is 118 cm³/mol. The Labute approximate surface area is 179 Å². The summed E-state index contributed by atoms with van der Waals surface area (Å²) in [4.78, 5) is 15.1. The van der Waals surface area contributed by atoms with Gasteiger partial charge in [0, 0.05) is 31.7 Å². The summed E-state index contributed by atoms with van der Waals surface area (Å²) in [5.41, 5.74) is 1.99. The molecule has 1 saturated heterocycles. The number of carbonyl (C=O) groups is 1. The van der Waals surface area contributed by atoms with Gasteiger partial charge in [0.1, 0.15) is 17.6 Å². The number of hydrogen-bond donors (Lipinski definition) is 1. The maximum Gasteiger partial charge on any atom is 0.255 e. The van der Waals surface area contributed by atoms with Crippen molar-refractivity contribution in [2.24, 2.45) is 0 Å². The minimum Gasteiger partial charge on any atom is -0.497 e. The van der Waals surface area contributed by atoms with Gasteiger partial charge in [-0.3, -0.25) is 4.79 Å². The number of ether oxygens (including phenoxy) is 2. The molecule has 30 heavy (non-hydrogen) atoms. The number of hydrogen-bond acceptors (Lipinski definition) is 4.